The van der Waals surface area contributed by atoms with Crippen LogP contribution < -0.4 is 4.74 Å². The number of aromatic nitrogens is 1. The quantitative estimate of drug-likeness (QED) is 0.603. The zero-order chi connectivity index (χ0) is 21.3. The maximum absolute atomic E-state index is 13.2. The van der Waals surface area contributed by atoms with E-state index in [0.717, 1.165) is 0 Å². The Morgan fingerprint density at radius 1 is 1.14 bits per heavy atom. The minimum absolute atomic E-state index is 0.265. The molecule has 3 rings (SSSR count). The number of carbonyl (C=O) groups is 3. The first-order valence-electron chi connectivity index (χ1n) is 8.98. The molecule has 0 saturated carbocycles. The predicted molar refractivity (Wildman–Crippen MR) is 110 cm³/mol. The van der Waals surface area contributed by atoms with E-state index in [1.807, 2.05) is 0 Å². The highest BCUT2D eigenvalue weighted by molar-refractivity contribution is 6.30. The molecule has 0 radical (unpaired) electrons. The lowest BCUT2D eigenvalue weighted by Crippen LogP contribution is -2.17. The number of ether oxygens (including phenoxy) is 1. The first kappa shape index (κ1) is 20.6. The number of rotatable bonds is 6. The van der Waals surface area contributed by atoms with Crippen LogP contribution in [0.15, 0.2) is 42.5 Å². The van der Waals surface area contributed by atoms with Gasteiger partial charge >= 0.3 is 5.97 Å². The third-order valence-electron chi connectivity index (χ3n) is 5.00. The Morgan fingerprint density at radius 3 is 2.38 bits per heavy atom. The minimum Gasteiger partial charge on any atom is -0.497 e. The van der Waals surface area contributed by atoms with Crippen LogP contribution in [0.5, 0.6) is 5.75 Å². The summed E-state index contributed by atoms with van der Waals surface area (Å²) < 4.78 is 6.84. The summed E-state index contributed by atoms with van der Waals surface area (Å²) in [5.41, 5.74) is 2.27. The zero-order valence-corrected chi connectivity index (χ0v) is 17.0. The van der Waals surface area contributed by atoms with Crippen LogP contribution in [0, 0.1) is 6.92 Å². The highest BCUT2D eigenvalue weighted by Crippen LogP contribution is 2.35. The van der Waals surface area contributed by atoms with Gasteiger partial charge in [-0.1, -0.05) is 18.5 Å². The van der Waals surface area contributed by atoms with Crippen molar-refractivity contribution < 1.29 is 24.2 Å². The number of hydrogen-bond donors (Lipinski definition) is 1. The summed E-state index contributed by atoms with van der Waals surface area (Å²) in [5, 5.41) is 10.2. The molecule has 0 spiro atoms. The van der Waals surface area contributed by atoms with Crippen molar-refractivity contribution in [2.45, 2.75) is 26.2 Å². The van der Waals surface area contributed by atoms with Gasteiger partial charge in [0.2, 0.25) is 0 Å². The van der Waals surface area contributed by atoms with E-state index >= 15 is 0 Å². The first-order valence-corrected chi connectivity index (χ1v) is 9.36. The van der Waals surface area contributed by atoms with Crippen molar-refractivity contribution in [2.75, 3.05) is 7.11 Å². The number of methoxy groups -OCH3 is 1. The van der Waals surface area contributed by atoms with E-state index in [1.165, 1.54) is 11.7 Å². The summed E-state index contributed by atoms with van der Waals surface area (Å²) in [4.78, 5) is 36.7. The Morgan fingerprint density at radius 2 is 1.79 bits per heavy atom. The number of fused-ring (bicyclic) bond motifs is 1. The summed E-state index contributed by atoms with van der Waals surface area (Å²) in [6.07, 6.45) is -0.581. The lowest BCUT2D eigenvalue weighted by molar-refractivity contribution is -0.140. The lowest BCUT2D eigenvalue weighted by atomic mass is 9.92. The Balaban J connectivity index is 2.22. The summed E-state index contributed by atoms with van der Waals surface area (Å²) in [6, 6.07) is 11.8. The van der Waals surface area contributed by atoms with Crippen molar-refractivity contribution >= 4 is 40.2 Å². The Bertz CT molecular complexity index is 1110. The standard InChI is InChI=1S/C22H20ClNO5/c1-12(19(25)11-20(26)27)21-13(2)24(18-9-8-16(29-3)10-17(18)21)22(28)14-4-6-15(23)7-5-14/h4-10,12H,11H2,1-3H3,(H,26,27). The highest BCUT2D eigenvalue weighted by Gasteiger charge is 2.27. The van der Waals surface area contributed by atoms with Gasteiger partial charge in [-0.2, -0.15) is 0 Å². The highest BCUT2D eigenvalue weighted by atomic mass is 35.5. The molecule has 0 aliphatic rings. The number of carboxylic acids is 1. The molecule has 3 aromatic rings. The van der Waals surface area contributed by atoms with Crippen LogP contribution in [0.1, 0.15) is 40.9 Å². The van der Waals surface area contributed by atoms with Crippen molar-refractivity contribution in [2.24, 2.45) is 0 Å². The molecule has 1 unspecified atom stereocenters. The molecule has 6 nitrogen and oxygen atoms in total. The lowest BCUT2D eigenvalue weighted by Gasteiger charge is -2.11. The molecule has 29 heavy (non-hydrogen) atoms. The zero-order valence-electron chi connectivity index (χ0n) is 16.2. The molecule has 0 bridgehead atoms. The van der Waals surface area contributed by atoms with Crippen LogP contribution in [0.3, 0.4) is 0 Å². The van der Waals surface area contributed by atoms with Gasteiger partial charge in [0.1, 0.15) is 12.2 Å². The van der Waals surface area contributed by atoms with E-state index in [9.17, 15) is 14.4 Å². The van der Waals surface area contributed by atoms with E-state index in [0.29, 0.717) is 38.5 Å². The fourth-order valence-corrected chi connectivity index (χ4v) is 3.67. The Kier molecular flexibility index (Phi) is 5.75. The monoisotopic (exact) mass is 413 g/mol. The second-order valence-corrected chi connectivity index (χ2v) is 7.22. The number of aliphatic carboxylic acids is 1. The second kappa shape index (κ2) is 8.09. The van der Waals surface area contributed by atoms with E-state index < -0.39 is 24.1 Å². The van der Waals surface area contributed by atoms with E-state index in [2.05, 4.69) is 0 Å². The average Bonchev–Trinajstić information content (AvgIpc) is 2.97. The molecular weight excluding hydrogens is 394 g/mol. The fourth-order valence-electron chi connectivity index (χ4n) is 3.54. The molecule has 0 saturated heterocycles. The van der Waals surface area contributed by atoms with Crippen LogP contribution in [0.2, 0.25) is 5.02 Å². The minimum atomic E-state index is -1.18. The van der Waals surface area contributed by atoms with Crippen molar-refractivity contribution in [1.82, 2.24) is 4.57 Å². The number of benzene rings is 2. The third kappa shape index (κ3) is 3.89. The predicted octanol–water partition coefficient (Wildman–Crippen LogP) is 4.45. The molecule has 0 amide bonds. The van der Waals surface area contributed by atoms with Gasteiger partial charge in [-0.15, -0.1) is 0 Å². The van der Waals surface area contributed by atoms with E-state index in [-0.39, 0.29) is 5.91 Å². The molecule has 0 aliphatic carbocycles. The van der Waals surface area contributed by atoms with Crippen molar-refractivity contribution in [1.29, 1.82) is 0 Å². The van der Waals surface area contributed by atoms with Crippen LogP contribution in [0.25, 0.3) is 10.9 Å². The molecular formula is C22H20ClNO5. The molecule has 1 aromatic heterocycles. The number of hydrogen-bond acceptors (Lipinski definition) is 4. The molecule has 7 heteroatoms. The van der Waals surface area contributed by atoms with Crippen molar-refractivity contribution in [3.63, 3.8) is 0 Å². The molecule has 0 aliphatic heterocycles. The smallest absolute Gasteiger partial charge is 0.310 e. The number of Topliss-reactive ketones (excluding diaryl/α,β-unsaturated/α-hetero) is 1. The summed E-state index contributed by atoms with van der Waals surface area (Å²) in [7, 11) is 1.53. The van der Waals surface area contributed by atoms with Crippen LogP contribution >= 0.6 is 11.6 Å². The maximum atomic E-state index is 13.2. The summed E-state index contributed by atoms with van der Waals surface area (Å²) >= 11 is 5.93. The van der Waals surface area contributed by atoms with Gasteiger partial charge in [0.05, 0.1) is 12.6 Å². The number of ketones is 1. The number of carboxylic acid groups (broad SMARTS) is 1. The first-order chi connectivity index (χ1) is 13.7. The van der Waals surface area contributed by atoms with Crippen molar-refractivity contribution in [3.05, 3.63) is 64.3 Å². The Hall–Kier alpha value is -3.12. The van der Waals surface area contributed by atoms with Gasteiger partial charge in [-0.3, -0.25) is 19.0 Å². The second-order valence-electron chi connectivity index (χ2n) is 6.79. The van der Waals surface area contributed by atoms with Crippen molar-refractivity contribution in [3.8, 4) is 5.75 Å². The Labute approximate surface area is 172 Å². The van der Waals surface area contributed by atoms with Gasteiger partial charge < -0.3 is 9.84 Å². The van der Waals surface area contributed by atoms with E-state index in [4.69, 9.17) is 21.4 Å². The summed E-state index contributed by atoms with van der Waals surface area (Å²) in [5.74, 6) is -1.99. The molecule has 1 atom stereocenters. The topological polar surface area (TPSA) is 85.6 Å². The maximum Gasteiger partial charge on any atom is 0.310 e. The SMILES string of the molecule is COc1ccc2c(c1)c(C(C)C(=O)CC(=O)O)c(C)n2C(=O)c1ccc(Cl)cc1. The number of halogens is 1. The molecule has 150 valence electrons. The average molecular weight is 414 g/mol. The third-order valence-corrected chi connectivity index (χ3v) is 5.25. The van der Waals surface area contributed by atoms with Crippen LogP contribution in [-0.2, 0) is 9.59 Å². The fraction of sp³-hybridized carbons (Fsp3) is 0.227. The molecule has 0 fully saturated rings. The number of nitrogens with zero attached hydrogens (tertiary/aromatic N) is 1. The van der Waals surface area contributed by atoms with Crippen LogP contribution in [0.4, 0.5) is 0 Å². The molecule has 2 aromatic carbocycles. The molecule has 1 N–H and O–H groups in total. The van der Waals surface area contributed by atoms with Gasteiger partial charge in [0, 0.05) is 27.6 Å². The molecule has 1 heterocycles. The normalized spacial score (nSPS) is 12.0. The van der Waals surface area contributed by atoms with Gasteiger partial charge in [0.25, 0.3) is 5.91 Å². The van der Waals surface area contributed by atoms with Crippen LogP contribution in [-0.4, -0.2) is 34.4 Å². The largest absolute Gasteiger partial charge is 0.497 e. The number of carbonyl (C=O) groups excluding carboxylic acids is 2. The van der Waals surface area contributed by atoms with Gasteiger partial charge in [-0.05, 0) is 55.0 Å². The van der Waals surface area contributed by atoms with E-state index in [1.54, 1.807) is 56.3 Å². The van der Waals surface area contributed by atoms with Gasteiger partial charge in [0.15, 0.2) is 5.78 Å². The van der Waals surface area contributed by atoms with Gasteiger partial charge in [-0.25, -0.2) is 0 Å². The summed E-state index contributed by atoms with van der Waals surface area (Å²) in [6.45, 7) is 3.41.